The van der Waals surface area contributed by atoms with Crippen LogP contribution in [0.25, 0.3) is 22.4 Å². The number of fused-ring (bicyclic) bond motifs is 1. The van der Waals surface area contributed by atoms with Gasteiger partial charge in [-0.05, 0) is 38.5 Å². The van der Waals surface area contributed by atoms with Gasteiger partial charge in [0.15, 0.2) is 0 Å². The Morgan fingerprint density at radius 2 is 2.00 bits per heavy atom. The summed E-state index contributed by atoms with van der Waals surface area (Å²) in [5, 5.41) is 0. The van der Waals surface area contributed by atoms with E-state index in [2.05, 4.69) is 29.5 Å². The Balaban J connectivity index is 2.36. The van der Waals surface area contributed by atoms with E-state index in [-0.39, 0.29) is 0 Å². The van der Waals surface area contributed by atoms with Gasteiger partial charge in [0, 0.05) is 23.5 Å². The van der Waals surface area contributed by atoms with E-state index in [9.17, 15) is 0 Å². The third-order valence-electron chi connectivity index (χ3n) is 3.62. The highest BCUT2D eigenvalue weighted by molar-refractivity contribution is 5.81. The Bertz CT molecular complexity index is 771. The van der Waals surface area contributed by atoms with Gasteiger partial charge in [0.05, 0.1) is 11.7 Å². The van der Waals surface area contributed by atoms with Crippen molar-refractivity contribution in [3.63, 3.8) is 0 Å². The zero-order chi connectivity index (χ0) is 14.3. The molecule has 0 saturated carbocycles. The molecule has 0 fully saturated rings. The number of nitrogen functional groups attached to an aromatic ring is 1. The summed E-state index contributed by atoms with van der Waals surface area (Å²) < 4.78 is 2.23. The van der Waals surface area contributed by atoms with Gasteiger partial charge in [0.2, 0.25) is 0 Å². The average Bonchev–Trinajstić information content (AvgIpc) is 2.81. The monoisotopic (exact) mass is 266 g/mol. The zero-order valence-electron chi connectivity index (χ0n) is 12.0. The predicted molar refractivity (Wildman–Crippen MR) is 82.5 cm³/mol. The van der Waals surface area contributed by atoms with Gasteiger partial charge in [0.1, 0.15) is 11.3 Å². The fourth-order valence-corrected chi connectivity index (χ4v) is 2.56. The molecule has 0 radical (unpaired) electrons. The Morgan fingerprint density at radius 1 is 1.20 bits per heavy atom. The number of aromatic nitrogens is 3. The van der Waals surface area contributed by atoms with Crippen LogP contribution in [0.4, 0.5) is 5.69 Å². The second-order valence-corrected chi connectivity index (χ2v) is 5.28. The van der Waals surface area contributed by atoms with Crippen molar-refractivity contribution in [1.82, 2.24) is 14.5 Å². The molecule has 0 amide bonds. The molecule has 3 rings (SSSR count). The maximum absolute atomic E-state index is 6.03. The Morgan fingerprint density at radius 3 is 2.75 bits per heavy atom. The number of anilines is 1. The minimum absolute atomic E-state index is 0.318. The minimum Gasteiger partial charge on any atom is -0.398 e. The number of hydrogen-bond acceptors (Lipinski definition) is 3. The number of nitrogens with two attached hydrogens (primary N) is 1. The molecule has 0 unspecified atom stereocenters. The molecule has 0 bridgehead atoms. The fourth-order valence-electron chi connectivity index (χ4n) is 2.56. The number of nitrogens with zero attached hydrogens (tertiary/aromatic N) is 3. The lowest BCUT2D eigenvalue weighted by molar-refractivity contribution is 0.624. The molecule has 20 heavy (non-hydrogen) atoms. The first-order chi connectivity index (χ1) is 9.59. The summed E-state index contributed by atoms with van der Waals surface area (Å²) in [4.78, 5) is 8.91. The van der Waals surface area contributed by atoms with Crippen molar-refractivity contribution >= 4 is 16.7 Å². The van der Waals surface area contributed by atoms with Crippen molar-refractivity contribution in [2.24, 2.45) is 0 Å². The van der Waals surface area contributed by atoms with E-state index in [0.717, 1.165) is 33.7 Å². The lowest BCUT2D eigenvalue weighted by Crippen LogP contribution is -2.04. The van der Waals surface area contributed by atoms with Crippen molar-refractivity contribution in [2.45, 2.75) is 26.8 Å². The highest BCUT2D eigenvalue weighted by atomic mass is 15.1. The number of rotatable bonds is 2. The summed E-state index contributed by atoms with van der Waals surface area (Å²) >= 11 is 0. The van der Waals surface area contributed by atoms with Crippen LogP contribution in [-0.2, 0) is 0 Å². The van der Waals surface area contributed by atoms with Gasteiger partial charge in [-0.2, -0.15) is 0 Å². The topological polar surface area (TPSA) is 56.7 Å². The van der Waals surface area contributed by atoms with Crippen molar-refractivity contribution in [3.05, 3.63) is 42.2 Å². The Kier molecular flexibility index (Phi) is 2.93. The highest BCUT2D eigenvalue weighted by Crippen LogP contribution is 2.31. The first kappa shape index (κ1) is 12.7. The van der Waals surface area contributed by atoms with E-state index in [0.29, 0.717) is 6.04 Å². The number of pyridine rings is 1. The normalized spacial score (nSPS) is 11.4. The first-order valence-electron chi connectivity index (χ1n) is 6.77. The molecule has 0 saturated heterocycles. The molecule has 4 heteroatoms. The molecular formula is C16H18N4. The molecular weight excluding hydrogens is 248 g/mol. The number of hydrogen-bond donors (Lipinski definition) is 1. The van der Waals surface area contributed by atoms with Crippen LogP contribution in [0.3, 0.4) is 0 Å². The number of benzene rings is 1. The average molecular weight is 266 g/mol. The molecule has 0 aliphatic rings. The summed E-state index contributed by atoms with van der Waals surface area (Å²) in [7, 11) is 0. The summed E-state index contributed by atoms with van der Waals surface area (Å²) in [6.45, 7) is 6.35. The molecule has 102 valence electrons. The largest absolute Gasteiger partial charge is 0.398 e. The third-order valence-corrected chi connectivity index (χ3v) is 3.62. The van der Waals surface area contributed by atoms with Crippen LogP contribution >= 0.6 is 0 Å². The maximum atomic E-state index is 6.03. The van der Waals surface area contributed by atoms with Gasteiger partial charge in [-0.25, -0.2) is 4.98 Å². The van der Waals surface area contributed by atoms with Crippen molar-refractivity contribution in [1.29, 1.82) is 0 Å². The molecule has 0 aliphatic carbocycles. The van der Waals surface area contributed by atoms with Crippen LogP contribution in [0.5, 0.6) is 0 Å². The SMILES string of the molecule is Cc1c(N)cccc1-c1nc2cnccc2n1C(C)C. The van der Waals surface area contributed by atoms with Gasteiger partial charge in [-0.15, -0.1) is 0 Å². The Hall–Kier alpha value is -2.36. The second kappa shape index (κ2) is 4.63. The molecule has 3 aromatic rings. The van der Waals surface area contributed by atoms with Gasteiger partial charge < -0.3 is 10.3 Å². The van der Waals surface area contributed by atoms with E-state index in [1.54, 1.807) is 12.4 Å². The van der Waals surface area contributed by atoms with Gasteiger partial charge in [0.25, 0.3) is 0 Å². The van der Waals surface area contributed by atoms with Crippen molar-refractivity contribution in [2.75, 3.05) is 5.73 Å². The predicted octanol–water partition coefficient (Wildman–Crippen LogP) is 3.57. The van der Waals surface area contributed by atoms with Crippen molar-refractivity contribution in [3.8, 4) is 11.4 Å². The third kappa shape index (κ3) is 1.84. The minimum atomic E-state index is 0.318. The van der Waals surface area contributed by atoms with Crippen molar-refractivity contribution < 1.29 is 0 Å². The molecule has 0 atom stereocenters. The molecule has 4 nitrogen and oxygen atoms in total. The van der Waals surface area contributed by atoms with Gasteiger partial charge in [-0.1, -0.05) is 12.1 Å². The van der Waals surface area contributed by atoms with E-state index < -0.39 is 0 Å². The Labute approximate surface area is 118 Å². The van der Waals surface area contributed by atoms with Gasteiger partial charge >= 0.3 is 0 Å². The summed E-state index contributed by atoms with van der Waals surface area (Å²) in [6.07, 6.45) is 3.61. The molecule has 2 aromatic heterocycles. The molecule has 0 spiro atoms. The van der Waals surface area contributed by atoms with Crippen LogP contribution < -0.4 is 5.73 Å². The lowest BCUT2D eigenvalue weighted by atomic mass is 10.1. The van der Waals surface area contributed by atoms with Crippen LogP contribution in [0.15, 0.2) is 36.7 Å². The quantitative estimate of drug-likeness (QED) is 0.721. The fraction of sp³-hybridized carbons (Fsp3) is 0.250. The smallest absolute Gasteiger partial charge is 0.141 e. The van der Waals surface area contributed by atoms with Crippen LogP contribution in [-0.4, -0.2) is 14.5 Å². The van der Waals surface area contributed by atoms with E-state index in [1.165, 1.54) is 0 Å². The van der Waals surface area contributed by atoms with E-state index in [1.807, 2.05) is 25.1 Å². The summed E-state index contributed by atoms with van der Waals surface area (Å²) in [5.41, 5.74) is 11.0. The summed E-state index contributed by atoms with van der Waals surface area (Å²) in [5.74, 6) is 0.952. The lowest BCUT2D eigenvalue weighted by Gasteiger charge is -2.15. The van der Waals surface area contributed by atoms with E-state index >= 15 is 0 Å². The molecule has 0 aliphatic heterocycles. The number of imidazole rings is 1. The van der Waals surface area contributed by atoms with Crippen LogP contribution in [0, 0.1) is 6.92 Å². The standard InChI is InChI=1S/C16H18N4/c1-10(2)20-15-7-8-18-9-14(15)19-16(20)12-5-4-6-13(17)11(12)3/h4-10H,17H2,1-3H3. The van der Waals surface area contributed by atoms with Crippen LogP contribution in [0.2, 0.25) is 0 Å². The second-order valence-electron chi connectivity index (χ2n) is 5.28. The van der Waals surface area contributed by atoms with Gasteiger partial charge in [-0.3, -0.25) is 4.98 Å². The first-order valence-corrected chi connectivity index (χ1v) is 6.77. The maximum Gasteiger partial charge on any atom is 0.141 e. The zero-order valence-corrected chi connectivity index (χ0v) is 12.0. The molecule has 1 aromatic carbocycles. The summed E-state index contributed by atoms with van der Waals surface area (Å²) in [6, 6.07) is 8.29. The van der Waals surface area contributed by atoms with Crippen LogP contribution in [0.1, 0.15) is 25.5 Å². The van der Waals surface area contributed by atoms with E-state index in [4.69, 9.17) is 10.7 Å². The molecule has 2 N–H and O–H groups in total. The highest BCUT2D eigenvalue weighted by Gasteiger charge is 2.16. The molecule has 2 heterocycles.